The Morgan fingerprint density at radius 3 is 2.77 bits per heavy atom. The third-order valence-corrected chi connectivity index (χ3v) is 1.44. The molecule has 0 amide bonds. The summed E-state index contributed by atoms with van der Waals surface area (Å²) >= 11 is 0. The third-order valence-electron chi connectivity index (χ3n) is 1.44. The summed E-state index contributed by atoms with van der Waals surface area (Å²) in [5.41, 5.74) is 0.520. The van der Waals surface area contributed by atoms with Crippen molar-refractivity contribution in [2.45, 2.75) is 0 Å². The molecule has 0 saturated carbocycles. The summed E-state index contributed by atoms with van der Waals surface area (Å²) in [5, 5.41) is 0.523. The molecule has 0 aliphatic heterocycles. The molecule has 2 rings (SSSR count). The zero-order chi connectivity index (χ0) is 7.68. The molecule has 0 atom stereocenters. The second kappa shape index (κ2) is 4.79. The van der Waals surface area contributed by atoms with Crippen LogP contribution in [0.3, 0.4) is 0 Å². The van der Waals surface area contributed by atoms with E-state index in [9.17, 15) is 4.79 Å². The maximum atomic E-state index is 11.0. The van der Waals surface area contributed by atoms with Gasteiger partial charge in [0.25, 0.3) is 5.56 Å². The number of nitrogens with zero attached hydrogens (tertiary/aromatic N) is 2. The van der Waals surface area contributed by atoms with Gasteiger partial charge in [-0.05, 0) is 6.07 Å². The Bertz CT molecular complexity index is 437. The minimum absolute atomic E-state index is 0. The molecular formula is C7H7Cl2N3O. The van der Waals surface area contributed by atoms with Crippen LogP contribution in [-0.4, -0.2) is 15.0 Å². The molecule has 0 radical (unpaired) electrons. The van der Waals surface area contributed by atoms with Gasteiger partial charge in [-0.1, -0.05) is 0 Å². The normalized spacial score (nSPS) is 8.62. The molecule has 0 spiro atoms. The second-order valence-corrected chi connectivity index (χ2v) is 2.12. The van der Waals surface area contributed by atoms with Gasteiger partial charge < -0.3 is 4.98 Å². The van der Waals surface area contributed by atoms with Crippen molar-refractivity contribution in [3.8, 4) is 0 Å². The van der Waals surface area contributed by atoms with Crippen LogP contribution in [0.15, 0.2) is 29.6 Å². The molecular weight excluding hydrogens is 213 g/mol. The minimum Gasteiger partial charge on any atom is -0.313 e. The molecule has 4 nitrogen and oxygen atoms in total. The molecule has 2 aromatic rings. The number of rotatable bonds is 0. The lowest BCUT2D eigenvalue weighted by Gasteiger charge is -1.90. The zero-order valence-electron chi connectivity index (χ0n) is 6.43. The molecule has 0 bridgehead atoms. The molecule has 0 unspecified atom stereocenters. The molecule has 2 heterocycles. The van der Waals surface area contributed by atoms with Crippen LogP contribution in [0, 0.1) is 0 Å². The molecule has 0 saturated heterocycles. The molecule has 6 heteroatoms. The highest BCUT2D eigenvalue weighted by atomic mass is 35.5. The molecule has 2 aromatic heterocycles. The van der Waals surface area contributed by atoms with E-state index in [0.29, 0.717) is 10.9 Å². The zero-order valence-corrected chi connectivity index (χ0v) is 8.06. The number of hydrogen-bond acceptors (Lipinski definition) is 3. The Morgan fingerprint density at radius 1 is 1.31 bits per heavy atom. The van der Waals surface area contributed by atoms with Crippen LogP contribution in [0.5, 0.6) is 0 Å². The van der Waals surface area contributed by atoms with Crippen LogP contribution in [-0.2, 0) is 0 Å². The number of H-pyrrole nitrogens is 1. The van der Waals surface area contributed by atoms with Crippen molar-refractivity contribution in [1.82, 2.24) is 15.0 Å². The van der Waals surface area contributed by atoms with Gasteiger partial charge in [-0.25, -0.2) is 4.98 Å². The summed E-state index contributed by atoms with van der Waals surface area (Å²) < 4.78 is 0. The fourth-order valence-corrected chi connectivity index (χ4v) is 0.913. The van der Waals surface area contributed by atoms with E-state index in [0.717, 1.165) is 0 Å². The maximum Gasteiger partial charge on any atom is 0.260 e. The predicted octanol–water partition coefficient (Wildman–Crippen LogP) is 1.16. The SMILES string of the molecule is Cl.Cl.O=c1[nH]cnc2ccncc12. The molecule has 70 valence electrons. The van der Waals surface area contributed by atoms with Crippen LogP contribution >= 0.6 is 24.8 Å². The Labute approximate surface area is 86.2 Å². The first-order chi connectivity index (χ1) is 5.38. The number of pyridine rings is 1. The van der Waals surface area contributed by atoms with Gasteiger partial charge in [0, 0.05) is 12.4 Å². The number of halogens is 2. The predicted molar refractivity (Wildman–Crippen MR) is 54.7 cm³/mol. The lowest BCUT2D eigenvalue weighted by atomic mass is 10.3. The second-order valence-electron chi connectivity index (χ2n) is 2.12. The van der Waals surface area contributed by atoms with Gasteiger partial charge in [-0.2, -0.15) is 0 Å². The number of hydrogen-bond donors (Lipinski definition) is 1. The van der Waals surface area contributed by atoms with Crippen molar-refractivity contribution in [3.63, 3.8) is 0 Å². The first-order valence-electron chi connectivity index (χ1n) is 3.15. The van der Waals surface area contributed by atoms with Crippen LogP contribution < -0.4 is 5.56 Å². The standard InChI is InChI=1S/C7H5N3O.2ClH/c11-7-5-3-8-2-1-6(5)9-4-10-7;;/h1-4H,(H,9,10,11);2*1H. The van der Waals surface area contributed by atoms with Crippen molar-refractivity contribution in [3.05, 3.63) is 35.1 Å². The third kappa shape index (κ3) is 2.17. The van der Waals surface area contributed by atoms with Gasteiger partial charge in [0.2, 0.25) is 0 Å². The van der Waals surface area contributed by atoms with Gasteiger partial charge in [0.05, 0.1) is 17.2 Å². The molecule has 0 fully saturated rings. The Morgan fingerprint density at radius 2 is 2.08 bits per heavy atom. The van der Waals surface area contributed by atoms with Crippen molar-refractivity contribution < 1.29 is 0 Å². The molecule has 0 aromatic carbocycles. The van der Waals surface area contributed by atoms with Crippen molar-refractivity contribution in [2.24, 2.45) is 0 Å². The highest BCUT2D eigenvalue weighted by Crippen LogP contribution is 1.99. The van der Waals surface area contributed by atoms with Gasteiger partial charge >= 0.3 is 0 Å². The average Bonchev–Trinajstić information content (AvgIpc) is 2.06. The summed E-state index contributed by atoms with van der Waals surface area (Å²) in [7, 11) is 0. The summed E-state index contributed by atoms with van der Waals surface area (Å²) in [6, 6.07) is 1.70. The van der Waals surface area contributed by atoms with Crippen molar-refractivity contribution in [2.75, 3.05) is 0 Å². The molecule has 13 heavy (non-hydrogen) atoms. The maximum absolute atomic E-state index is 11.0. The lowest BCUT2D eigenvalue weighted by molar-refractivity contribution is 1.16. The summed E-state index contributed by atoms with van der Waals surface area (Å²) in [4.78, 5) is 21.3. The van der Waals surface area contributed by atoms with Crippen LogP contribution in [0.2, 0.25) is 0 Å². The van der Waals surface area contributed by atoms with E-state index >= 15 is 0 Å². The molecule has 0 aliphatic rings. The molecule has 0 aliphatic carbocycles. The van der Waals surface area contributed by atoms with Crippen LogP contribution in [0.1, 0.15) is 0 Å². The summed E-state index contributed by atoms with van der Waals surface area (Å²) in [6.45, 7) is 0. The van der Waals surface area contributed by atoms with Crippen molar-refractivity contribution in [1.29, 1.82) is 0 Å². The fraction of sp³-hybridized carbons (Fsp3) is 0. The molecule has 1 N–H and O–H groups in total. The topological polar surface area (TPSA) is 58.6 Å². The highest BCUT2D eigenvalue weighted by Gasteiger charge is 1.95. The van der Waals surface area contributed by atoms with Gasteiger partial charge in [0.1, 0.15) is 0 Å². The Kier molecular flexibility index (Phi) is 4.37. The van der Waals surface area contributed by atoms with Gasteiger partial charge in [-0.15, -0.1) is 24.8 Å². The number of fused-ring (bicyclic) bond motifs is 1. The quantitative estimate of drug-likeness (QED) is 0.724. The summed E-state index contributed by atoms with van der Waals surface area (Å²) in [5.74, 6) is 0. The fourth-order valence-electron chi connectivity index (χ4n) is 0.913. The van der Waals surface area contributed by atoms with E-state index < -0.39 is 0 Å². The van der Waals surface area contributed by atoms with Gasteiger partial charge in [0.15, 0.2) is 0 Å². The minimum atomic E-state index is -0.150. The van der Waals surface area contributed by atoms with Crippen LogP contribution in [0.4, 0.5) is 0 Å². The van der Waals surface area contributed by atoms with E-state index in [1.807, 2.05) is 0 Å². The average molecular weight is 220 g/mol. The van der Waals surface area contributed by atoms with E-state index in [4.69, 9.17) is 0 Å². The highest BCUT2D eigenvalue weighted by molar-refractivity contribution is 5.85. The smallest absolute Gasteiger partial charge is 0.260 e. The van der Waals surface area contributed by atoms with E-state index in [1.165, 1.54) is 12.5 Å². The number of aromatic nitrogens is 3. The lowest BCUT2D eigenvalue weighted by Crippen LogP contribution is -2.05. The Balaban J connectivity index is 0.000000720. The number of aromatic amines is 1. The van der Waals surface area contributed by atoms with Crippen LogP contribution in [0.25, 0.3) is 10.9 Å². The monoisotopic (exact) mass is 219 g/mol. The number of nitrogens with one attached hydrogen (secondary N) is 1. The summed E-state index contributed by atoms with van der Waals surface area (Å²) in [6.07, 6.45) is 4.49. The first kappa shape index (κ1) is 11.9. The van der Waals surface area contributed by atoms with Gasteiger partial charge in [-0.3, -0.25) is 9.78 Å². The largest absolute Gasteiger partial charge is 0.313 e. The Hall–Kier alpha value is -1.13. The van der Waals surface area contributed by atoms with Crippen molar-refractivity contribution >= 4 is 35.7 Å². The first-order valence-corrected chi connectivity index (χ1v) is 3.15. The van der Waals surface area contributed by atoms with E-state index in [2.05, 4.69) is 15.0 Å². The van der Waals surface area contributed by atoms with E-state index in [-0.39, 0.29) is 30.4 Å². The van der Waals surface area contributed by atoms with E-state index in [1.54, 1.807) is 12.3 Å².